The summed E-state index contributed by atoms with van der Waals surface area (Å²) in [7, 11) is 3.89. The third-order valence-corrected chi connectivity index (χ3v) is 2.36. The molecule has 6 heteroatoms. The molecule has 1 rings (SSSR count). The zero-order valence-electron chi connectivity index (χ0n) is 9.93. The lowest BCUT2D eigenvalue weighted by Gasteiger charge is -2.10. The van der Waals surface area contributed by atoms with E-state index in [1.54, 1.807) is 12.1 Å². The predicted octanol–water partition coefficient (Wildman–Crippen LogP) is 0.00720. The molecule has 1 amide bonds. The smallest absolute Gasteiger partial charge is 0.269 e. The second-order valence-electron chi connectivity index (χ2n) is 3.86. The Morgan fingerprint density at radius 2 is 2.24 bits per heavy atom. The summed E-state index contributed by atoms with van der Waals surface area (Å²) >= 11 is 4.80. The number of nitrogens with two attached hydrogens (primary N) is 1. The summed E-state index contributed by atoms with van der Waals surface area (Å²) in [5.74, 6) is -0.193. The highest BCUT2D eigenvalue weighted by molar-refractivity contribution is 7.80. The Morgan fingerprint density at radius 1 is 1.53 bits per heavy atom. The minimum absolute atomic E-state index is 0.193. The fourth-order valence-corrected chi connectivity index (χ4v) is 1.28. The Bertz CT molecular complexity index is 402. The summed E-state index contributed by atoms with van der Waals surface area (Å²) in [6.07, 6.45) is 1.50. The van der Waals surface area contributed by atoms with E-state index in [-0.39, 0.29) is 10.9 Å². The van der Waals surface area contributed by atoms with Gasteiger partial charge in [-0.15, -0.1) is 0 Å². The van der Waals surface area contributed by atoms with Crippen LogP contribution in [0.2, 0.25) is 0 Å². The van der Waals surface area contributed by atoms with E-state index in [1.807, 2.05) is 19.0 Å². The predicted molar refractivity (Wildman–Crippen MR) is 71.0 cm³/mol. The number of carbonyl (C=O) groups excluding carboxylic acids is 1. The fraction of sp³-hybridized carbons (Fsp3) is 0.364. The molecule has 1 aromatic heterocycles. The lowest BCUT2D eigenvalue weighted by atomic mass is 10.2. The average Bonchev–Trinajstić information content (AvgIpc) is 2.28. The number of nitrogens with zero attached hydrogens (tertiary/aromatic N) is 2. The van der Waals surface area contributed by atoms with Crippen LogP contribution in [0.3, 0.4) is 0 Å². The van der Waals surface area contributed by atoms with Crippen molar-refractivity contribution in [3.05, 3.63) is 29.6 Å². The molecule has 0 saturated heterocycles. The summed E-state index contributed by atoms with van der Waals surface area (Å²) in [6, 6.07) is 3.30. The van der Waals surface area contributed by atoms with Crippen LogP contribution in [-0.4, -0.2) is 48.0 Å². The van der Waals surface area contributed by atoms with E-state index in [2.05, 4.69) is 10.3 Å². The van der Waals surface area contributed by atoms with E-state index in [0.717, 1.165) is 6.54 Å². The quantitative estimate of drug-likeness (QED) is 0.722. The van der Waals surface area contributed by atoms with E-state index in [4.69, 9.17) is 18.0 Å². The molecule has 0 radical (unpaired) electrons. The molecular formula is C11H16N4OS. The van der Waals surface area contributed by atoms with Crippen molar-refractivity contribution in [2.24, 2.45) is 5.73 Å². The van der Waals surface area contributed by atoms with Gasteiger partial charge in [-0.3, -0.25) is 9.78 Å². The number of hydrogen-bond acceptors (Lipinski definition) is 4. The minimum Gasteiger partial charge on any atom is -0.389 e. The first kappa shape index (κ1) is 13.5. The minimum atomic E-state index is -0.193. The van der Waals surface area contributed by atoms with Gasteiger partial charge in [0.2, 0.25) is 0 Å². The maximum absolute atomic E-state index is 11.7. The molecule has 17 heavy (non-hydrogen) atoms. The van der Waals surface area contributed by atoms with Gasteiger partial charge in [0, 0.05) is 24.8 Å². The van der Waals surface area contributed by atoms with Crippen LogP contribution in [0.25, 0.3) is 0 Å². The SMILES string of the molecule is CN(C)CCNC(=O)c1ccc(C(N)=S)cn1. The number of amides is 1. The zero-order valence-corrected chi connectivity index (χ0v) is 10.8. The molecule has 92 valence electrons. The van der Waals surface area contributed by atoms with E-state index >= 15 is 0 Å². The number of aromatic nitrogens is 1. The Hall–Kier alpha value is -1.53. The Balaban J connectivity index is 2.55. The highest BCUT2D eigenvalue weighted by Gasteiger charge is 2.06. The van der Waals surface area contributed by atoms with Crippen molar-refractivity contribution in [2.45, 2.75) is 0 Å². The number of hydrogen-bond donors (Lipinski definition) is 2. The van der Waals surface area contributed by atoms with Crippen LogP contribution in [-0.2, 0) is 0 Å². The number of carbonyl (C=O) groups is 1. The average molecular weight is 252 g/mol. The van der Waals surface area contributed by atoms with E-state index in [1.165, 1.54) is 6.20 Å². The first-order chi connectivity index (χ1) is 8.00. The third-order valence-electron chi connectivity index (χ3n) is 2.13. The highest BCUT2D eigenvalue weighted by Crippen LogP contribution is 2.00. The second-order valence-corrected chi connectivity index (χ2v) is 4.30. The van der Waals surface area contributed by atoms with Gasteiger partial charge in [-0.2, -0.15) is 0 Å². The molecule has 0 aliphatic carbocycles. The van der Waals surface area contributed by atoms with Gasteiger partial charge in [0.05, 0.1) is 0 Å². The molecule has 0 aliphatic rings. The maximum Gasteiger partial charge on any atom is 0.269 e. The van der Waals surface area contributed by atoms with Gasteiger partial charge in [-0.25, -0.2) is 0 Å². The van der Waals surface area contributed by atoms with Crippen LogP contribution in [0.4, 0.5) is 0 Å². The molecule has 5 nitrogen and oxygen atoms in total. The monoisotopic (exact) mass is 252 g/mol. The molecular weight excluding hydrogens is 236 g/mol. The van der Waals surface area contributed by atoms with Gasteiger partial charge in [0.25, 0.3) is 5.91 Å². The van der Waals surface area contributed by atoms with Gasteiger partial charge in [-0.05, 0) is 26.2 Å². The standard InChI is InChI=1S/C11H16N4OS/c1-15(2)6-5-13-11(16)9-4-3-8(7-14-9)10(12)17/h3-4,7H,5-6H2,1-2H3,(H2,12,17)(H,13,16). The largest absolute Gasteiger partial charge is 0.389 e. The highest BCUT2D eigenvalue weighted by atomic mass is 32.1. The first-order valence-electron chi connectivity index (χ1n) is 5.19. The molecule has 0 aromatic carbocycles. The Kier molecular flexibility index (Phi) is 4.99. The van der Waals surface area contributed by atoms with Gasteiger partial charge in [0.1, 0.15) is 10.7 Å². The van der Waals surface area contributed by atoms with Crippen molar-refractivity contribution in [2.75, 3.05) is 27.2 Å². The zero-order chi connectivity index (χ0) is 12.8. The van der Waals surface area contributed by atoms with Gasteiger partial charge in [0.15, 0.2) is 0 Å². The number of nitrogens with one attached hydrogen (secondary N) is 1. The number of pyridine rings is 1. The van der Waals surface area contributed by atoms with E-state index in [0.29, 0.717) is 17.8 Å². The molecule has 1 aromatic rings. The number of likely N-dealkylation sites (N-methyl/N-ethyl adjacent to an activating group) is 1. The molecule has 3 N–H and O–H groups in total. The van der Waals surface area contributed by atoms with Crippen molar-refractivity contribution < 1.29 is 4.79 Å². The van der Waals surface area contributed by atoms with Crippen molar-refractivity contribution in [3.8, 4) is 0 Å². The van der Waals surface area contributed by atoms with Crippen LogP contribution in [0.1, 0.15) is 16.1 Å². The molecule has 0 bridgehead atoms. The molecule has 0 spiro atoms. The van der Waals surface area contributed by atoms with Crippen LogP contribution in [0.5, 0.6) is 0 Å². The number of rotatable bonds is 5. The van der Waals surface area contributed by atoms with Crippen LogP contribution in [0, 0.1) is 0 Å². The topological polar surface area (TPSA) is 71.2 Å². The van der Waals surface area contributed by atoms with E-state index in [9.17, 15) is 4.79 Å². The van der Waals surface area contributed by atoms with Gasteiger partial charge in [-0.1, -0.05) is 12.2 Å². The summed E-state index contributed by atoms with van der Waals surface area (Å²) in [4.78, 5) is 17.9. The first-order valence-corrected chi connectivity index (χ1v) is 5.60. The van der Waals surface area contributed by atoms with Crippen LogP contribution >= 0.6 is 12.2 Å². The van der Waals surface area contributed by atoms with Crippen molar-refractivity contribution in [1.29, 1.82) is 0 Å². The van der Waals surface area contributed by atoms with Crippen molar-refractivity contribution >= 4 is 23.1 Å². The molecule has 0 fully saturated rings. The Morgan fingerprint density at radius 3 is 2.71 bits per heavy atom. The van der Waals surface area contributed by atoms with Crippen molar-refractivity contribution in [3.63, 3.8) is 0 Å². The molecule has 0 aliphatic heterocycles. The second kappa shape index (κ2) is 6.27. The van der Waals surface area contributed by atoms with Crippen molar-refractivity contribution in [1.82, 2.24) is 15.2 Å². The molecule has 0 saturated carbocycles. The maximum atomic E-state index is 11.7. The normalized spacial score (nSPS) is 10.3. The van der Waals surface area contributed by atoms with Crippen LogP contribution < -0.4 is 11.1 Å². The lowest BCUT2D eigenvalue weighted by Crippen LogP contribution is -2.31. The summed E-state index contributed by atoms with van der Waals surface area (Å²) in [5.41, 5.74) is 6.46. The summed E-state index contributed by atoms with van der Waals surface area (Å²) < 4.78 is 0. The lowest BCUT2D eigenvalue weighted by molar-refractivity contribution is 0.0946. The van der Waals surface area contributed by atoms with E-state index < -0.39 is 0 Å². The molecule has 0 atom stereocenters. The third kappa shape index (κ3) is 4.46. The summed E-state index contributed by atoms with van der Waals surface area (Å²) in [5, 5.41) is 2.77. The van der Waals surface area contributed by atoms with Gasteiger partial charge >= 0.3 is 0 Å². The fourth-order valence-electron chi connectivity index (χ4n) is 1.16. The summed E-state index contributed by atoms with van der Waals surface area (Å²) in [6.45, 7) is 1.38. The molecule has 0 unspecified atom stereocenters. The Labute approximate surface area is 106 Å². The van der Waals surface area contributed by atoms with Gasteiger partial charge < -0.3 is 16.0 Å². The number of thiocarbonyl (C=S) groups is 1. The molecule has 1 heterocycles. The van der Waals surface area contributed by atoms with Crippen LogP contribution in [0.15, 0.2) is 18.3 Å².